The van der Waals surface area contributed by atoms with Crippen LogP contribution in [0.2, 0.25) is 5.31 Å². The quantitative estimate of drug-likeness (QED) is 0.211. The molecule has 226 valence electrons. The van der Waals surface area contributed by atoms with Crippen LogP contribution in [-0.2, 0) is 29.4 Å². The summed E-state index contributed by atoms with van der Waals surface area (Å²) in [7, 11) is 0. The minimum Gasteiger partial charge on any atom is -0.425 e. The molecule has 3 aromatic rings. The number of rotatable bonds is 3. The van der Waals surface area contributed by atoms with Gasteiger partial charge >= 0.3 is 31.6 Å². The smallest absolute Gasteiger partial charge is 0.416 e. The van der Waals surface area contributed by atoms with Crippen LogP contribution in [0, 0.1) is 0 Å². The topological polar surface area (TPSA) is 9.23 Å². The molecule has 3 aromatic carbocycles. The third-order valence-electron chi connectivity index (χ3n) is 7.72. The normalized spacial score (nSPS) is 17.3. The molecule has 4 rings (SSSR count). The average Bonchev–Trinajstić information content (AvgIpc) is 2.84. The zero-order valence-electron chi connectivity index (χ0n) is 22.2. The maximum atomic E-state index is 13.6. The van der Waals surface area contributed by atoms with Crippen molar-refractivity contribution in [2.75, 3.05) is 0 Å². The van der Waals surface area contributed by atoms with E-state index in [1.807, 2.05) is 0 Å². The first-order valence-corrected chi connectivity index (χ1v) is 12.2. The maximum absolute atomic E-state index is 13.6. The first-order chi connectivity index (χ1) is 18.8. The fraction of sp³-hybridized carbons (Fsp3) is 0.357. The van der Waals surface area contributed by atoms with Crippen molar-refractivity contribution in [3.63, 3.8) is 0 Å². The molecule has 0 N–H and O–H groups in total. The number of hydrogen-bond acceptors (Lipinski definition) is 1. The average molecular weight is 612 g/mol. The molecule has 42 heavy (non-hydrogen) atoms. The van der Waals surface area contributed by atoms with Crippen molar-refractivity contribution in [2.45, 2.75) is 63.3 Å². The van der Waals surface area contributed by atoms with Gasteiger partial charge in [-0.2, -0.15) is 52.7 Å². The fourth-order valence-corrected chi connectivity index (χ4v) is 4.72. The van der Waals surface area contributed by atoms with Gasteiger partial charge in [-0.15, -0.1) is 0 Å². The Morgan fingerprint density at radius 3 is 0.976 bits per heavy atom. The molecule has 0 aromatic heterocycles. The summed E-state index contributed by atoms with van der Waals surface area (Å²) in [4.78, 5) is 0. The fourth-order valence-electron chi connectivity index (χ4n) is 4.72. The van der Waals surface area contributed by atoms with Crippen molar-refractivity contribution in [2.24, 2.45) is 0 Å². The van der Waals surface area contributed by atoms with E-state index >= 15 is 0 Å². The lowest BCUT2D eigenvalue weighted by Gasteiger charge is -2.57. The van der Waals surface area contributed by atoms with E-state index in [-0.39, 0.29) is 28.7 Å². The van der Waals surface area contributed by atoms with E-state index in [1.165, 1.54) is 12.1 Å². The maximum Gasteiger partial charge on any atom is 0.416 e. The van der Waals surface area contributed by atoms with Gasteiger partial charge < -0.3 is 4.65 Å². The SMILES string of the molecule is CC1(C)OB(c2cc(-c3cc(C(F)(F)F)cc(C(F)(F)F)c3)cc(-c3cc(C(F)(F)F)cc(C(F)(F)F)c3)c2)C1(C)C. The van der Waals surface area contributed by atoms with E-state index in [9.17, 15) is 52.7 Å². The van der Waals surface area contributed by atoms with Gasteiger partial charge in [-0.1, -0.05) is 26.0 Å². The standard InChI is InChI=1S/C28H21BF12O/c1-23(2)24(3,4)42-29(23)22-10-14(16-6-18(25(30,31)32)12-19(7-16)26(33,34)35)5-15(11-22)17-8-20(27(36,37)38)13-21(9-17)28(39,40)41/h5-13H,1-4H3. The van der Waals surface area contributed by atoms with Crippen molar-refractivity contribution in [3.05, 3.63) is 76.9 Å². The summed E-state index contributed by atoms with van der Waals surface area (Å²) in [5, 5.41) is -0.696. The minimum atomic E-state index is -5.19. The molecule has 1 aliphatic rings. The van der Waals surface area contributed by atoms with Crippen LogP contribution in [0.5, 0.6) is 0 Å². The van der Waals surface area contributed by atoms with Gasteiger partial charge in [-0.05, 0) is 84.0 Å². The van der Waals surface area contributed by atoms with E-state index in [0.717, 1.165) is 6.07 Å². The molecule has 0 spiro atoms. The Bertz CT molecular complexity index is 1350. The third-order valence-corrected chi connectivity index (χ3v) is 7.72. The Hall–Kier alpha value is -3.16. The summed E-state index contributed by atoms with van der Waals surface area (Å²) in [5.74, 6) is 0. The molecule has 1 aliphatic heterocycles. The van der Waals surface area contributed by atoms with Gasteiger partial charge in [-0.25, -0.2) is 0 Å². The monoisotopic (exact) mass is 612 g/mol. The van der Waals surface area contributed by atoms with Gasteiger partial charge in [0.05, 0.1) is 22.3 Å². The van der Waals surface area contributed by atoms with Crippen molar-refractivity contribution in [3.8, 4) is 22.3 Å². The molecule has 1 heterocycles. The van der Waals surface area contributed by atoms with Crippen LogP contribution >= 0.6 is 0 Å². The number of alkyl halides is 12. The second kappa shape index (κ2) is 9.68. The van der Waals surface area contributed by atoms with Crippen LogP contribution in [0.15, 0.2) is 54.6 Å². The van der Waals surface area contributed by atoms with Gasteiger partial charge in [0, 0.05) is 10.9 Å². The second-order valence-electron chi connectivity index (χ2n) is 11.2. The summed E-state index contributed by atoms with van der Waals surface area (Å²) >= 11 is 0. The van der Waals surface area contributed by atoms with E-state index < -0.39 is 75.9 Å². The molecule has 0 radical (unpaired) electrons. The highest BCUT2D eigenvalue weighted by atomic mass is 19.4. The number of benzene rings is 3. The third kappa shape index (κ3) is 6.00. The molecule has 1 nitrogen and oxygen atoms in total. The van der Waals surface area contributed by atoms with Gasteiger partial charge in [0.15, 0.2) is 0 Å². The first-order valence-electron chi connectivity index (χ1n) is 12.2. The van der Waals surface area contributed by atoms with E-state index in [4.69, 9.17) is 4.65 Å². The summed E-state index contributed by atoms with van der Waals surface area (Å²) in [6.45, 7) is 6.11. The Morgan fingerprint density at radius 2 is 0.738 bits per heavy atom. The predicted molar refractivity (Wildman–Crippen MR) is 132 cm³/mol. The molecule has 0 saturated carbocycles. The summed E-state index contributed by atoms with van der Waals surface area (Å²) in [6.07, 6.45) is -20.8. The molecule has 14 heteroatoms. The molecular formula is C28H21BF12O. The number of halogens is 12. The molecule has 0 unspecified atom stereocenters. The van der Waals surface area contributed by atoms with Crippen molar-refractivity contribution in [1.29, 1.82) is 0 Å². The summed E-state index contributed by atoms with van der Waals surface area (Å²) in [6, 6.07) is 4.95. The molecule has 1 saturated heterocycles. The summed E-state index contributed by atoms with van der Waals surface area (Å²) < 4.78 is 169. The largest absolute Gasteiger partial charge is 0.425 e. The highest BCUT2D eigenvalue weighted by molar-refractivity contribution is 6.73. The Kier molecular flexibility index (Phi) is 7.32. The Balaban J connectivity index is 2.04. The van der Waals surface area contributed by atoms with Gasteiger partial charge in [-0.3, -0.25) is 0 Å². The zero-order chi connectivity index (χ0) is 31.8. The van der Waals surface area contributed by atoms with Crippen LogP contribution in [0.1, 0.15) is 49.9 Å². The minimum absolute atomic E-state index is 0.0860. The molecule has 0 bridgehead atoms. The van der Waals surface area contributed by atoms with Crippen LogP contribution in [0.25, 0.3) is 22.3 Å². The molecule has 1 fully saturated rings. The first kappa shape index (κ1) is 31.8. The lowest BCUT2D eigenvalue weighted by molar-refractivity contribution is -0.144. The number of hydrogen-bond donors (Lipinski definition) is 0. The van der Waals surface area contributed by atoms with Crippen LogP contribution in [-0.4, -0.2) is 12.5 Å². The summed E-state index contributed by atoms with van der Waals surface area (Å²) in [5.41, 5.74) is -8.96. The highest BCUT2D eigenvalue weighted by Gasteiger charge is 2.59. The van der Waals surface area contributed by atoms with E-state index in [2.05, 4.69) is 0 Å². The molecular weight excluding hydrogens is 591 g/mol. The van der Waals surface area contributed by atoms with Gasteiger partial charge in [0.2, 0.25) is 0 Å². The second-order valence-corrected chi connectivity index (χ2v) is 11.2. The van der Waals surface area contributed by atoms with Gasteiger partial charge in [0.25, 0.3) is 0 Å². The molecule has 0 amide bonds. The Morgan fingerprint density at radius 1 is 0.452 bits per heavy atom. The lowest BCUT2D eigenvalue weighted by atomic mass is 9.33. The Labute approximate surface area is 232 Å². The molecule has 0 atom stereocenters. The van der Waals surface area contributed by atoms with Crippen LogP contribution in [0.3, 0.4) is 0 Å². The van der Waals surface area contributed by atoms with Gasteiger partial charge in [0.1, 0.15) is 0 Å². The van der Waals surface area contributed by atoms with Crippen LogP contribution in [0.4, 0.5) is 52.7 Å². The van der Waals surface area contributed by atoms with Crippen LogP contribution < -0.4 is 5.46 Å². The van der Waals surface area contributed by atoms with E-state index in [0.29, 0.717) is 24.3 Å². The van der Waals surface area contributed by atoms with Crippen molar-refractivity contribution in [1.82, 2.24) is 0 Å². The lowest BCUT2D eigenvalue weighted by Crippen LogP contribution is -2.66. The highest BCUT2D eigenvalue weighted by Crippen LogP contribution is 2.53. The zero-order valence-corrected chi connectivity index (χ0v) is 22.2. The predicted octanol–water partition coefficient (Wildman–Crippen LogP) is 9.88. The van der Waals surface area contributed by atoms with Crippen molar-refractivity contribution < 1.29 is 57.3 Å². The van der Waals surface area contributed by atoms with E-state index in [1.54, 1.807) is 27.7 Å². The molecule has 0 aliphatic carbocycles. The van der Waals surface area contributed by atoms with Crippen molar-refractivity contribution >= 4 is 12.4 Å².